The average Bonchev–Trinajstić information content (AvgIpc) is 2.87. The molecule has 3 aromatic carbocycles. The van der Waals surface area contributed by atoms with E-state index in [1.807, 2.05) is 75.4 Å². The van der Waals surface area contributed by atoms with Gasteiger partial charge < -0.3 is 10.2 Å². The van der Waals surface area contributed by atoms with Crippen molar-refractivity contribution in [1.82, 2.24) is 10.2 Å². The van der Waals surface area contributed by atoms with E-state index in [0.717, 1.165) is 27.3 Å². The van der Waals surface area contributed by atoms with Gasteiger partial charge in [0.2, 0.25) is 21.8 Å². The molecule has 0 aromatic heterocycles. The summed E-state index contributed by atoms with van der Waals surface area (Å²) in [5.41, 5.74) is 2.68. The number of anilines is 1. The van der Waals surface area contributed by atoms with Crippen molar-refractivity contribution >= 4 is 62.3 Å². The zero-order chi connectivity index (χ0) is 29.6. The number of aryl methyl sites for hydroxylation is 1. The summed E-state index contributed by atoms with van der Waals surface area (Å²) in [6.45, 7) is 5.09. The van der Waals surface area contributed by atoms with Gasteiger partial charge in [-0.3, -0.25) is 13.9 Å². The fourth-order valence-corrected chi connectivity index (χ4v) is 5.67. The normalized spacial score (nSPS) is 12.2. The van der Waals surface area contributed by atoms with Crippen LogP contribution in [0.1, 0.15) is 30.5 Å². The second-order valence-electron chi connectivity index (χ2n) is 9.86. The Morgan fingerprint density at radius 2 is 1.48 bits per heavy atom. The van der Waals surface area contributed by atoms with Crippen LogP contribution >= 0.6 is 34.8 Å². The molecule has 0 aliphatic carbocycles. The molecule has 1 N–H and O–H groups in total. The Kier molecular flexibility index (Phi) is 10.9. The number of sulfonamides is 1. The molecule has 0 saturated carbocycles. The molecule has 2 amide bonds. The third-order valence-corrected chi connectivity index (χ3v) is 8.26. The van der Waals surface area contributed by atoms with Gasteiger partial charge in [0.05, 0.1) is 27.0 Å². The van der Waals surface area contributed by atoms with Crippen LogP contribution in [-0.4, -0.2) is 50.0 Å². The second kappa shape index (κ2) is 13.7. The third kappa shape index (κ3) is 8.61. The van der Waals surface area contributed by atoms with Crippen molar-refractivity contribution in [3.05, 3.63) is 98.5 Å². The van der Waals surface area contributed by atoms with Crippen molar-refractivity contribution in [3.63, 3.8) is 0 Å². The number of benzene rings is 3. The van der Waals surface area contributed by atoms with Crippen LogP contribution in [0.3, 0.4) is 0 Å². The SMILES string of the molecule is Cc1ccc(CN(C(=O)CN(c2cc(Cl)c(Cl)cc2Cl)S(C)(=O)=O)[C@@H](Cc2ccccc2)C(=O)NC(C)C)cc1. The summed E-state index contributed by atoms with van der Waals surface area (Å²) in [4.78, 5) is 29.0. The molecule has 0 heterocycles. The summed E-state index contributed by atoms with van der Waals surface area (Å²) in [6, 6.07) is 18.4. The molecule has 0 unspecified atom stereocenters. The molecule has 0 radical (unpaired) electrons. The molecule has 3 aromatic rings. The van der Waals surface area contributed by atoms with Crippen LogP contribution in [0.2, 0.25) is 15.1 Å². The van der Waals surface area contributed by atoms with Crippen LogP contribution in [-0.2, 0) is 32.6 Å². The number of amides is 2. The zero-order valence-electron chi connectivity index (χ0n) is 22.7. The number of carbonyl (C=O) groups is 2. The minimum atomic E-state index is -4.00. The minimum absolute atomic E-state index is 0.00782. The Bertz CT molecular complexity index is 1450. The monoisotopic (exact) mass is 623 g/mol. The third-order valence-electron chi connectivity index (χ3n) is 6.11. The molecule has 0 fully saturated rings. The van der Waals surface area contributed by atoms with E-state index in [1.54, 1.807) is 0 Å². The molecule has 1 atom stereocenters. The molecule has 40 heavy (non-hydrogen) atoms. The van der Waals surface area contributed by atoms with Gasteiger partial charge in [-0.1, -0.05) is 95.0 Å². The van der Waals surface area contributed by atoms with Crippen LogP contribution in [0, 0.1) is 6.92 Å². The molecular formula is C29H32Cl3N3O4S. The molecule has 0 spiro atoms. The Labute approximate surface area is 251 Å². The van der Waals surface area contributed by atoms with E-state index in [4.69, 9.17) is 34.8 Å². The van der Waals surface area contributed by atoms with Gasteiger partial charge in [-0.05, 0) is 44.0 Å². The highest BCUT2D eigenvalue weighted by Crippen LogP contribution is 2.35. The van der Waals surface area contributed by atoms with Crippen LogP contribution in [0.25, 0.3) is 0 Å². The van der Waals surface area contributed by atoms with E-state index in [0.29, 0.717) is 0 Å². The van der Waals surface area contributed by atoms with Crippen molar-refractivity contribution in [2.75, 3.05) is 17.1 Å². The maximum absolute atomic E-state index is 14.1. The molecule has 7 nitrogen and oxygen atoms in total. The van der Waals surface area contributed by atoms with E-state index >= 15 is 0 Å². The van der Waals surface area contributed by atoms with Gasteiger partial charge in [0, 0.05) is 19.0 Å². The van der Waals surface area contributed by atoms with Gasteiger partial charge >= 0.3 is 0 Å². The Morgan fingerprint density at radius 3 is 2.05 bits per heavy atom. The topological polar surface area (TPSA) is 86.8 Å². The lowest BCUT2D eigenvalue weighted by Crippen LogP contribution is -2.54. The highest BCUT2D eigenvalue weighted by atomic mass is 35.5. The maximum atomic E-state index is 14.1. The molecule has 3 rings (SSSR count). The second-order valence-corrected chi connectivity index (χ2v) is 13.0. The first-order valence-electron chi connectivity index (χ1n) is 12.6. The van der Waals surface area contributed by atoms with Crippen molar-refractivity contribution in [2.45, 2.75) is 45.8 Å². The summed E-state index contributed by atoms with van der Waals surface area (Å²) in [7, 11) is -4.00. The smallest absolute Gasteiger partial charge is 0.244 e. The summed E-state index contributed by atoms with van der Waals surface area (Å²) in [6.07, 6.45) is 1.19. The predicted molar refractivity (Wildman–Crippen MR) is 163 cm³/mol. The van der Waals surface area contributed by atoms with E-state index in [1.165, 1.54) is 17.0 Å². The van der Waals surface area contributed by atoms with Crippen molar-refractivity contribution in [2.24, 2.45) is 0 Å². The first kappa shape index (κ1) is 31.7. The van der Waals surface area contributed by atoms with Crippen LogP contribution < -0.4 is 9.62 Å². The lowest BCUT2D eigenvalue weighted by Gasteiger charge is -2.34. The molecule has 0 aliphatic heterocycles. The van der Waals surface area contributed by atoms with Gasteiger partial charge in [0.1, 0.15) is 12.6 Å². The predicted octanol–water partition coefficient (Wildman–Crippen LogP) is 5.89. The zero-order valence-corrected chi connectivity index (χ0v) is 25.8. The first-order chi connectivity index (χ1) is 18.8. The number of carbonyl (C=O) groups excluding carboxylic acids is 2. The van der Waals surface area contributed by atoms with Crippen LogP contribution in [0.15, 0.2) is 66.7 Å². The van der Waals surface area contributed by atoms with Gasteiger partial charge in [-0.25, -0.2) is 8.42 Å². The first-order valence-corrected chi connectivity index (χ1v) is 15.6. The summed E-state index contributed by atoms with van der Waals surface area (Å²) in [5, 5.41) is 3.15. The fraction of sp³-hybridized carbons (Fsp3) is 0.310. The Hall–Kier alpha value is -2.78. The van der Waals surface area contributed by atoms with Crippen molar-refractivity contribution < 1.29 is 18.0 Å². The number of nitrogens with one attached hydrogen (secondary N) is 1. The molecule has 214 valence electrons. The molecule has 0 aliphatic rings. The molecule has 11 heteroatoms. The lowest BCUT2D eigenvalue weighted by atomic mass is 10.0. The van der Waals surface area contributed by atoms with Crippen molar-refractivity contribution in [1.29, 1.82) is 0 Å². The number of nitrogens with zero attached hydrogens (tertiary/aromatic N) is 2. The molecule has 0 saturated heterocycles. The van der Waals surface area contributed by atoms with E-state index in [9.17, 15) is 18.0 Å². The largest absolute Gasteiger partial charge is 0.352 e. The molecule has 0 bridgehead atoms. The maximum Gasteiger partial charge on any atom is 0.244 e. The number of hydrogen-bond acceptors (Lipinski definition) is 4. The van der Waals surface area contributed by atoms with E-state index in [2.05, 4.69) is 5.32 Å². The fourth-order valence-electron chi connectivity index (χ4n) is 4.12. The number of halogens is 3. The van der Waals surface area contributed by atoms with Crippen LogP contribution in [0.5, 0.6) is 0 Å². The van der Waals surface area contributed by atoms with Gasteiger partial charge in [0.15, 0.2) is 0 Å². The lowest BCUT2D eigenvalue weighted by molar-refractivity contribution is -0.140. The number of hydrogen-bond donors (Lipinski definition) is 1. The van der Waals surface area contributed by atoms with Gasteiger partial charge in [-0.15, -0.1) is 0 Å². The highest BCUT2D eigenvalue weighted by Gasteiger charge is 2.34. The Balaban J connectivity index is 2.09. The number of rotatable bonds is 11. The van der Waals surface area contributed by atoms with Crippen molar-refractivity contribution in [3.8, 4) is 0 Å². The summed E-state index contributed by atoms with van der Waals surface area (Å²) in [5.74, 6) is -0.939. The van der Waals surface area contributed by atoms with Crippen LogP contribution in [0.4, 0.5) is 5.69 Å². The quantitative estimate of drug-likeness (QED) is 0.270. The van der Waals surface area contributed by atoms with Gasteiger partial charge in [-0.2, -0.15) is 0 Å². The van der Waals surface area contributed by atoms with E-state index in [-0.39, 0.29) is 45.7 Å². The highest BCUT2D eigenvalue weighted by molar-refractivity contribution is 7.92. The Morgan fingerprint density at radius 1 is 0.875 bits per heavy atom. The summed E-state index contributed by atoms with van der Waals surface area (Å²) < 4.78 is 26.7. The standard InChI is InChI=1S/C29H32Cl3N3O4S/c1-19(2)33-29(37)27(14-21-8-6-5-7-9-21)34(17-22-12-10-20(3)11-13-22)28(36)18-35(40(4,38)39)26-16-24(31)23(30)15-25(26)32/h5-13,15-16,19,27H,14,17-18H2,1-4H3,(H,33,37)/t27-/m0/s1. The minimum Gasteiger partial charge on any atom is -0.352 e. The molecular weight excluding hydrogens is 593 g/mol. The van der Waals surface area contributed by atoms with Gasteiger partial charge in [0.25, 0.3) is 0 Å². The average molecular weight is 625 g/mol. The summed E-state index contributed by atoms with van der Waals surface area (Å²) >= 11 is 18.6. The van der Waals surface area contributed by atoms with E-state index < -0.39 is 28.5 Å².